The van der Waals surface area contributed by atoms with Crippen molar-refractivity contribution in [3.8, 4) is 0 Å². The predicted octanol–water partition coefficient (Wildman–Crippen LogP) is 2.03. The molecule has 1 aromatic rings. The normalized spacial score (nSPS) is 21.3. The first-order chi connectivity index (χ1) is 7.36. The van der Waals surface area contributed by atoms with Gasteiger partial charge in [0.1, 0.15) is 0 Å². The molecule has 0 heterocycles. The molecule has 0 amide bonds. The lowest BCUT2D eigenvalue weighted by molar-refractivity contribution is 0.991. The quantitative estimate of drug-likeness (QED) is 0.590. The number of allylic oxidation sites excluding steroid dienone is 6. The minimum Gasteiger partial charge on any atom is -0.0911 e. The average Bonchev–Trinajstić information content (AvgIpc) is 2.29. The van der Waals surface area contributed by atoms with Crippen LogP contribution in [0.25, 0.3) is 12.7 Å². The Morgan fingerprint density at radius 3 is 2.93 bits per heavy atom. The third kappa shape index (κ3) is 1.22. The molecule has 0 saturated carbocycles. The van der Waals surface area contributed by atoms with E-state index in [4.69, 9.17) is 0 Å². The summed E-state index contributed by atoms with van der Waals surface area (Å²) < 4.78 is 0. The Bertz CT molecular complexity index is 597. The summed E-state index contributed by atoms with van der Waals surface area (Å²) in [6.07, 6.45) is 13.0. The number of hydrogen-bond acceptors (Lipinski definition) is 0. The van der Waals surface area contributed by atoms with Gasteiger partial charge in [-0.25, -0.2) is 0 Å². The molecular weight excluding hydrogens is 180 g/mol. The molecule has 0 aromatic heterocycles. The van der Waals surface area contributed by atoms with Crippen LogP contribution in [0.1, 0.15) is 11.5 Å². The highest BCUT2D eigenvalue weighted by atomic mass is 14.2. The third-order valence-corrected chi connectivity index (χ3v) is 3.07. The van der Waals surface area contributed by atoms with Crippen LogP contribution < -0.4 is 10.4 Å². The van der Waals surface area contributed by atoms with Crippen molar-refractivity contribution in [3.05, 3.63) is 70.2 Å². The molecule has 2 aliphatic rings. The molecular formula is C15H12. The Kier molecular flexibility index (Phi) is 1.75. The lowest BCUT2D eigenvalue weighted by Gasteiger charge is -2.21. The highest BCUT2D eigenvalue weighted by Crippen LogP contribution is 2.28. The fourth-order valence-electron chi connectivity index (χ4n) is 2.29. The lowest BCUT2D eigenvalue weighted by atomic mass is 9.83. The van der Waals surface area contributed by atoms with Crippen molar-refractivity contribution in [2.24, 2.45) is 0 Å². The van der Waals surface area contributed by atoms with Gasteiger partial charge >= 0.3 is 0 Å². The molecule has 0 heteroatoms. The van der Waals surface area contributed by atoms with Crippen molar-refractivity contribution in [1.29, 1.82) is 0 Å². The first kappa shape index (κ1) is 8.49. The van der Waals surface area contributed by atoms with Crippen molar-refractivity contribution in [3.63, 3.8) is 0 Å². The largest absolute Gasteiger partial charge is 0.0911 e. The van der Waals surface area contributed by atoms with Crippen molar-refractivity contribution >= 4 is 12.7 Å². The lowest BCUT2D eigenvalue weighted by Crippen LogP contribution is -2.30. The molecule has 0 spiro atoms. The van der Waals surface area contributed by atoms with Crippen molar-refractivity contribution in [1.82, 2.24) is 0 Å². The van der Waals surface area contributed by atoms with E-state index in [-0.39, 0.29) is 0 Å². The summed E-state index contributed by atoms with van der Waals surface area (Å²) in [5.74, 6) is 0.427. The van der Waals surface area contributed by atoms with E-state index < -0.39 is 0 Å². The second-order valence-electron chi connectivity index (χ2n) is 3.98. The van der Waals surface area contributed by atoms with Gasteiger partial charge in [0.15, 0.2) is 0 Å². The summed E-state index contributed by atoms with van der Waals surface area (Å²) in [5, 5.41) is 2.40. The van der Waals surface area contributed by atoms with Crippen LogP contribution >= 0.6 is 0 Å². The SMILES string of the molecule is C=c1cccc2c1=CC=C1C=CC=C[C@@H]12. The maximum Gasteiger partial charge on any atom is 0.0278 e. The van der Waals surface area contributed by atoms with E-state index >= 15 is 0 Å². The molecule has 0 nitrogen and oxygen atoms in total. The van der Waals surface area contributed by atoms with E-state index in [1.54, 1.807) is 0 Å². The summed E-state index contributed by atoms with van der Waals surface area (Å²) in [5.41, 5.74) is 2.75. The number of rotatable bonds is 0. The highest BCUT2D eigenvalue weighted by molar-refractivity contribution is 5.57. The van der Waals surface area contributed by atoms with E-state index in [9.17, 15) is 0 Å². The zero-order valence-electron chi connectivity index (χ0n) is 8.48. The van der Waals surface area contributed by atoms with Crippen LogP contribution in [0.3, 0.4) is 0 Å². The zero-order valence-corrected chi connectivity index (χ0v) is 8.48. The molecule has 0 aliphatic heterocycles. The zero-order chi connectivity index (χ0) is 10.3. The summed E-state index contributed by atoms with van der Waals surface area (Å²) in [6, 6.07) is 6.35. The second-order valence-corrected chi connectivity index (χ2v) is 3.98. The Morgan fingerprint density at radius 1 is 1.07 bits per heavy atom. The summed E-state index contributed by atoms with van der Waals surface area (Å²) in [4.78, 5) is 0. The molecule has 1 aromatic carbocycles. The Balaban J connectivity index is 2.35. The van der Waals surface area contributed by atoms with Crippen molar-refractivity contribution < 1.29 is 0 Å². The number of benzene rings is 1. The van der Waals surface area contributed by atoms with Crippen molar-refractivity contribution in [2.75, 3.05) is 0 Å². The van der Waals surface area contributed by atoms with Crippen LogP contribution in [0.4, 0.5) is 0 Å². The van der Waals surface area contributed by atoms with Gasteiger partial charge in [-0.1, -0.05) is 61.2 Å². The topological polar surface area (TPSA) is 0 Å². The van der Waals surface area contributed by atoms with Crippen LogP contribution in [-0.4, -0.2) is 0 Å². The first-order valence-corrected chi connectivity index (χ1v) is 5.21. The molecule has 0 bridgehead atoms. The fourth-order valence-corrected chi connectivity index (χ4v) is 2.29. The van der Waals surface area contributed by atoms with Gasteiger partial charge in [0, 0.05) is 5.92 Å². The van der Waals surface area contributed by atoms with E-state index in [1.165, 1.54) is 16.4 Å². The van der Waals surface area contributed by atoms with Gasteiger partial charge in [0.05, 0.1) is 0 Å². The van der Waals surface area contributed by atoms with Crippen LogP contribution in [0, 0.1) is 0 Å². The van der Waals surface area contributed by atoms with Crippen LogP contribution in [-0.2, 0) is 0 Å². The second kappa shape index (κ2) is 3.09. The van der Waals surface area contributed by atoms with Crippen molar-refractivity contribution in [2.45, 2.75) is 5.92 Å². The number of hydrogen-bond donors (Lipinski definition) is 0. The van der Waals surface area contributed by atoms with Gasteiger partial charge in [0.2, 0.25) is 0 Å². The van der Waals surface area contributed by atoms with Gasteiger partial charge in [0.25, 0.3) is 0 Å². The smallest absolute Gasteiger partial charge is 0.0278 e. The van der Waals surface area contributed by atoms with Gasteiger partial charge in [-0.3, -0.25) is 0 Å². The average molecular weight is 192 g/mol. The van der Waals surface area contributed by atoms with Gasteiger partial charge < -0.3 is 0 Å². The predicted molar refractivity (Wildman–Crippen MR) is 64.8 cm³/mol. The van der Waals surface area contributed by atoms with Crippen LogP contribution in [0.5, 0.6) is 0 Å². The standard InChI is InChI=1S/C15H12/c1-11-5-4-8-15-13(11)10-9-12-6-2-3-7-14(12)15/h2-10,14H,1H2/t14-/m0/s1. The maximum atomic E-state index is 4.07. The van der Waals surface area contributed by atoms with E-state index in [0.29, 0.717) is 5.92 Å². The van der Waals surface area contributed by atoms with E-state index in [0.717, 1.165) is 5.22 Å². The van der Waals surface area contributed by atoms with Gasteiger partial charge in [-0.05, 0) is 21.6 Å². The summed E-state index contributed by atoms with van der Waals surface area (Å²) >= 11 is 0. The molecule has 0 fully saturated rings. The Labute approximate surface area is 89.3 Å². The molecule has 0 saturated heterocycles. The molecule has 72 valence electrons. The molecule has 15 heavy (non-hydrogen) atoms. The Morgan fingerprint density at radius 2 is 2.00 bits per heavy atom. The van der Waals surface area contributed by atoms with E-state index in [2.05, 4.69) is 61.2 Å². The van der Waals surface area contributed by atoms with Gasteiger partial charge in [-0.2, -0.15) is 0 Å². The molecule has 0 unspecified atom stereocenters. The monoisotopic (exact) mass is 192 g/mol. The van der Waals surface area contributed by atoms with Gasteiger partial charge in [-0.15, -0.1) is 0 Å². The maximum absolute atomic E-state index is 4.07. The molecule has 2 aliphatic carbocycles. The minimum atomic E-state index is 0.427. The highest BCUT2D eigenvalue weighted by Gasteiger charge is 2.16. The molecule has 0 N–H and O–H groups in total. The Hall–Kier alpha value is -1.82. The van der Waals surface area contributed by atoms with E-state index in [1.807, 2.05) is 0 Å². The summed E-state index contributed by atoms with van der Waals surface area (Å²) in [6.45, 7) is 4.07. The minimum absolute atomic E-state index is 0.427. The van der Waals surface area contributed by atoms with Crippen LogP contribution in [0.2, 0.25) is 0 Å². The summed E-state index contributed by atoms with van der Waals surface area (Å²) in [7, 11) is 0. The first-order valence-electron chi connectivity index (χ1n) is 5.21. The molecule has 3 rings (SSSR count). The third-order valence-electron chi connectivity index (χ3n) is 3.07. The molecule has 0 radical (unpaired) electrons. The number of fused-ring (bicyclic) bond motifs is 3. The van der Waals surface area contributed by atoms with Crippen LogP contribution in [0.15, 0.2) is 54.2 Å². The molecule has 1 atom stereocenters. The fraction of sp³-hybridized carbons (Fsp3) is 0.0667.